The Morgan fingerprint density at radius 2 is 2.20 bits per heavy atom. The monoisotopic (exact) mass is 341 g/mol. The minimum Gasteiger partial charge on any atom is -0.380 e. The van der Waals surface area contributed by atoms with E-state index in [1.165, 1.54) is 17.5 Å². The minimum absolute atomic E-state index is 0.0478. The van der Waals surface area contributed by atoms with Crippen molar-refractivity contribution in [2.24, 2.45) is 11.8 Å². The zero-order chi connectivity index (χ0) is 14.7. The number of hydrogen-bond acceptors (Lipinski definition) is 3. The number of nitrogens with one attached hydrogen (secondary N) is 1. The molecule has 0 spiro atoms. The Balaban J connectivity index is 2.17. The van der Waals surface area contributed by atoms with E-state index in [1.54, 1.807) is 6.20 Å². The highest BCUT2D eigenvalue weighted by molar-refractivity contribution is 9.10. The van der Waals surface area contributed by atoms with Gasteiger partial charge in [-0.3, -0.25) is 4.79 Å². The van der Waals surface area contributed by atoms with E-state index in [-0.39, 0.29) is 5.56 Å². The molecule has 1 aliphatic carbocycles. The molecule has 3 atom stereocenters. The highest BCUT2D eigenvalue weighted by Gasteiger charge is 2.27. The van der Waals surface area contributed by atoms with E-state index < -0.39 is 0 Å². The highest BCUT2D eigenvalue weighted by Crippen LogP contribution is 2.32. The van der Waals surface area contributed by atoms with E-state index in [9.17, 15) is 4.79 Å². The second-order valence-corrected chi connectivity index (χ2v) is 6.71. The van der Waals surface area contributed by atoms with Gasteiger partial charge in [-0.05, 0) is 40.6 Å². The standard InChI is InChI=1S/C15H24BrN3O/c1-4-8-19-15(20)14(16)13(9-17-19)18-12-7-5-6-10(2)11(12)3/h9-12,18H,4-8H2,1-3H3. The van der Waals surface area contributed by atoms with Gasteiger partial charge in [0.05, 0.1) is 11.9 Å². The lowest BCUT2D eigenvalue weighted by molar-refractivity contribution is 0.253. The van der Waals surface area contributed by atoms with Gasteiger partial charge < -0.3 is 5.32 Å². The molecule has 1 fully saturated rings. The molecule has 0 aliphatic heterocycles. The van der Waals surface area contributed by atoms with E-state index >= 15 is 0 Å². The Morgan fingerprint density at radius 3 is 2.90 bits per heavy atom. The lowest BCUT2D eigenvalue weighted by Crippen LogP contribution is -2.36. The first-order chi connectivity index (χ1) is 9.54. The van der Waals surface area contributed by atoms with Gasteiger partial charge in [0.25, 0.3) is 5.56 Å². The second-order valence-electron chi connectivity index (χ2n) is 5.92. The predicted octanol–water partition coefficient (Wildman–Crippen LogP) is 3.65. The van der Waals surface area contributed by atoms with Crippen molar-refractivity contribution in [1.82, 2.24) is 9.78 Å². The Hall–Kier alpha value is -0.840. The van der Waals surface area contributed by atoms with Gasteiger partial charge in [-0.15, -0.1) is 0 Å². The Kier molecular flexibility index (Phi) is 5.24. The molecule has 1 aliphatic rings. The molecule has 0 radical (unpaired) electrons. The fraction of sp³-hybridized carbons (Fsp3) is 0.733. The number of aryl methyl sites for hydroxylation is 1. The van der Waals surface area contributed by atoms with Gasteiger partial charge in [-0.25, -0.2) is 4.68 Å². The predicted molar refractivity (Wildman–Crippen MR) is 86.1 cm³/mol. The molecule has 5 heteroatoms. The van der Waals surface area contributed by atoms with Crippen molar-refractivity contribution in [3.05, 3.63) is 21.0 Å². The van der Waals surface area contributed by atoms with E-state index in [0.717, 1.165) is 24.4 Å². The van der Waals surface area contributed by atoms with Crippen LogP contribution in [-0.2, 0) is 6.54 Å². The summed E-state index contributed by atoms with van der Waals surface area (Å²) in [6.45, 7) is 7.31. The average molecular weight is 342 g/mol. The first-order valence-corrected chi connectivity index (χ1v) is 8.36. The van der Waals surface area contributed by atoms with Crippen LogP contribution in [0.15, 0.2) is 15.5 Å². The molecule has 112 valence electrons. The summed E-state index contributed by atoms with van der Waals surface area (Å²) in [6.07, 6.45) is 6.39. The molecule has 1 saturated carbocycles. The van der Waals surface area contributed by atoms with Gasteiger partial charge in [0, 0.05) is 12.6 Å². The maximum absolute atomic E-state index is 12.2. The van der Waals surface area contributed by atoms with Crippen LogP contribution in [0, 0.1) is 11.8 Å². The number of rotatable bonds is 4. The van der Waals surface area contributed by atoms with Gasteiger partial charge >= 0.3 is 0 Å². The Morgan fingerprint density at radius 1 is 1.45 bits per heavy atom. The maximum atomic E-state index is 12.2. The minimum atomic E-state index is -0.0478. The molecular weight excluding hydrogens is 318 g/mol. The quantitative estimate of drug-likeness (QED) is 0.909. The maximum Gasteiger partial charge on any atom is 0.283 e. The van der Waals surface area contributed by atoms with E-state index in [1.807, 2.05) is 6.92 Å². The number of halogens is 1. The van der Waals surface area contributed by atoms with Crippen molar-refractivity contribution < 1.29 is 0 Å². The molecule has 4 nitrogen and oxygen atoms in total. The summed E-state index contributed by atoms with van der Waals surface area (Å²) in [5.74, 6) is 1.35. The van der Waals surface area contributed by atoms with Crippen molar-refractivity contribution in [3.63, 3.8) is 0 Å². The van der Waals surface area contributed by atoms with Crippen LogP contribution in [0.25, 0.3) is 0 Å². The normalized spacial score (nSPS) is 26.5. The fourth-order valence-electron chi connectivity index (χ4n) is 2.92. The van der Waals surface area contributed by atoms with Crippen molar-refractivity contribution in [1.29, 1.82) is 0 Å². The van der Waals surface area contributed by atoms with Gasteiger partial charge in [0.2, 0.25) is 0 Å². The molecule has 20 heavy (non-hydrogen) atoms. The summed E-state index contributed by atoms with van der Waals surface area (Å²) in [6, 6.07) is 0.429. The number of aromatic nitrogens is 2. The molecule has 2 rings (SSSR count). The lowest BCUT2D eigenvalue weighted by atomic mass is 9.78. The van der Waals surface area contributed by atoms with Crippen molar-refractivity contribution in [2.45, 2.75) is 59.0 Å². The number of anilines is 1. The topological polar surface area (TPSA) is 46.9 Å². The smallest absolute Gasteiger partial charge is 0.283 e. The SMILES string of the molecule is CCCn1ncc(NC2CCCC(C)C2C)c(Br)c1=O. The van der Waals surface area contributed by atoms with Gasteiger partial charge in [0.15, 0.2) is 0 Å². The van der Waals surface area contributed by atoms with Crippen molar-refractivity contribution in [3.8, 4) is 0 Å². The summed E-state index contributed by atoms with van der Waals surface area (Å²) in [4.78, 5) is 12.2. The van der Waals surface area contributed by atoms with Crippen LogP contribution in [0.3, 0.4) is 0 Å². The van der Waals surface area contributed by atoms with Gasteiger partial charge in [-0.2, -0.15) is 5.10 Å². The molecule has 0 aromatic carbocycles. The molecule has 1 aromatic heterocycles. The lowest BCUT2D eigenvalue weighted by Gasteiger charge is -2.35. The zero-order valence-electron chi connectivity index (χ0n) is 12.5. The van der Waals surface area contributed by atoms with E-state index in [4.69, 9.17) is 0 Å². The second kappa shape index (κ2) is 6.74. The van der Waals surface area contributed by atoms with Crippen LogP contribution in [0.5, 0.6) is 0 Å². The van der Waals surface area contributed by atoms with Crippen molar-refractivity contribution in [2.75, 3.05) is 5.32 Å². The molecule has 1 heterocycles. The summed E-state index contributed by atoms with van der Waals surface area (Å²) >= 11 is 3.43. The van der Waals surface area contributed by atoms with E-state index in [2.05, 4.69) is 40.2 Å². The number of nitrogens with zero attached hydrogens (tertiary/aromatic N) is 2. The van der Waals surface area contributed by atoms with Crippen LogP contribution < -0.4 is 10.9 Å². The zero-order valence-corrected chi connectivity index (χ0v) is 14.1. The molecular formula is C15H24BrN3O. The molecule has 0 amide bonds. The highest BCUT2D eigenvalue weighted by atomic mass is 79.9. The molecule has 1 N–H and O–H groups in total. The summed E-state index contributed by atoms with van der Waals surface area (Å²) in [7, 11) is 0. The molecule has 3 unspecified atom stereocenters. The largest absolute Gasteiger partial charge is 0.380 e. The average Bonchev–Trinajstić information content (AvgIpc) is 2.43. The van der Waals surface area contributed by atoms with Crippen LogP contribution in [0.4, 0.5) is 5.69 Å². The van der Waals surface area contributed by atoms with Gasteiger partial charge in [0.1, 0.15) is 4.47 Å². The van der Waals surface area contributed by atoms with Crippen molar-refractivity contribution >= 4 is 21.6 Å². The molecule has 0 bridgehead atoms. The Labute approximate surface area is 129 Å². The molecule has 0 saturated heterocycles. The molecule has 1 aromatic rings. The first kappa shape index (κ1) is 15.5. The summed E-state index contributed by atoms with van der Waals surface area (Å²) < 4.78 is 2.12. The first-order valence-electron chi connectivity index (χ1n) is 7.56. The van der Waals surface area contributed by atoms with Crippen LogP contribution >= 0.6 is 15.9 Å². The van der Waals surface area contributed by atoms with E-state index in [0.29, 0.717) is 23.0 Å². The summed E-state index contributed by atoms with van der Waals surface area (Å²) in [5.41, 5.74) is 0.779. The van der Waals surface area contributed by atoms with Gasteiger partial charge in [-0.1, -0.05) is 33.6 Å². The third kappa shape index (κ3) is 3.25. The van der Waals surface area contributed by atoms with Crippen LogP contribution in [0.2, 0.25) is 0 Å². The Bertz CT molecular complexity index is 514. The van der Waals surface area contributed by atoms with Crippen LogP contribution in [-0.4, -0.2) is 15.8 Å². The van der Waals surface area contributed by atoms with Crippen LogP contribution in [0.1, 0.15) is 46.5 Å². The fourth-order valence-corrected chi connectivity index (χ4v) is 3.34. The number of hydrogen-bond donors (Lipinski definition) is 1. The third-order valence-corrected chi connectivity index (χ3v) is 5.23. The third-order valence-electron chi connectivity index (χ3n) is 4.47. The summed E-state index contributed by atoms with van der Waals surface area (Å²) in [5, 5.41) is 7.77.